The maximum absolute atomic E-state index is 13.1. The zero-order valence-corrected chi connectivity index (χ0v) is 15.6. The molecule has 1 aromatic rings. The summed E-state index contributed by atoms with van der Waals surface area (Å²) in [4.78, 5) is 15.1. The molecule has 2 N–H and O–H groups in total. The number of likely N-dealkylation sites (tertiary alicyclic amines) is 1. The molecule has 1 amide bonds. The second kappa shape index (κ2) is 7.04. The van der Waals surface area contributed by atoms with Crippen LogP contribution in [0.25, 0.3) is 0 Å². The third-order valence-corrected chi connectivity index (χ3v) is 5.73. The second-order valence-electron chi connectivity index (χ2n) is 8.56. The van der Waals surface area contributed by atoms with Crippen LogP contribution in [-0.2, 0) is 11.2 Å². The van der Waals surface area contributed by atoms with Gasteiger partial charge in [0.2, 0.25) is 5.91 Å². The predicted molar refractivity (Wildman–Crippen MR) is 97.9 cm³/mol. The summed E-state index contributed by atoms with van der Waals surface area (Å²) < 4.78 is 13.1. The number of nitrogens with one attached hydrogen (secondary N) is 2. The lowest BCUT2D eigenvalue weighted by molar-refractivity contribution is -0.126. The van der Waals surface area contributed by atoms with Crippen LogP contribution in [0, 0.1) is 11.2 Å². The third kappa shape index (κ3) is 4.39. The van der Waals surface area contributed by atoms with Gasteiger partial charge in [0, 0.05) is 12.1 Å². The van der Waals surface area contributed by atoms with E-state index in [9.17, 15) is 9.18 Å². The van der Waals surface area contributed by atoms with Crippen molar-refractivity contribution >= 4 is 5.91 Å². The van der Waals surface area contributed by atoms with Crippen molar-refractivity contribution in [2.75, 3.05) is 26.7 Å². The molecular formula is C20H30FN3O. The number of benzene rings is 1. The minimum Gasteiger partial charge on any atom is -0.350 e. The van der Waals surface area contributed by atoms with Gasteiger partial charge >= 0.3 is 0 Å². The van der Waals surface area contributed by atoms with E-state index in [-0.39, 0.29) is 23.3 Å². The average molecular weight is 347 g/mol. The molecule has 0 radical (unpaired) electrons. The van der Waals surface area contributed by atoms with Crippen molar-refractivity contribution in [2.24, 2.45) is 5.41 Å². The van der Waals surface area contributed by atoms with Crippen LogP contribution in [0.5, 0.6) is 0 Å². The number of likely N-dealkylation sites (N-methyl/N-ethyl adjacent to an activating group) is 1. The van der Waals surface area contributed by atoms with Crippen LogP contribution in [0.2, 0.25) is 0 Å². The van der Waals surface area contributed by atoms with E-state index in [0.717, 1.165) is 44.5 Å². The Morgan fingerprint density at radius 2 is 1.96 bits per heavy atom. The minimum absolute atomic E-state index is 0.0504. The molecule has 5 heteroatoms. The summed E-state index contributed by atoms with van der Waals surface area (Å²) in [7, 11) is 2.06. The first-order valence-corrected chi connectivity index (χ1v) is 9.26. The first-order chi connectivity index (χ1) is 11.8. The Balaban J connectivity index is 1.61. The van der Waals surface area contributed by atoms with Crippen LogP contribution in [0.1, 0.15) is 38.7 Å². The topological polar surface area (TPSA) is 44.4 Å². The summed E-state index contributed by atoms with van der Waals surface area (Å²) in [5.74, 6) is -0.115. The molecule has 3 rings (SSSR count). The maximum atomic E-state index is 13.1. The fourth-order valence-corrected chi connectivity index (χ4v) is 4.46. The fourth-order valence-electron chi connectivity index (χ4n) is 4.46. The fraction of sp³-hybridized carbons (Fsp3) is 0.650. The molecule has 0 bridgehead atoms. The van der Waals surface area contributed by atoms with Crippen molar-refractivity contribution < 1.29 is 9.18 Å². The van der Waals surface area contributed by atoms with Crippen molar-refractivity contribution in [3.8, 4) is 0 Å². The van der Waals surface area contributed by atoms with Crippen molar-refractivity contribution in [3.63, 3.8) is 0 Å². The molecule has 0 aromatic heterocycles. The molecule has 0 aliphatic carbocycles. The molecule has 2 saturated heterocycles. The smallest absolute Gasteiger partial charge is 0.237 e. The van der Waals surface area contributed by atoms with Gasteiger partial charge in [-0.25, -0.2) is 4.39 Å². The lowest BCUT2D eigenvalue weighted by atomic mass is 9.77. The number of rotatable bonds is 4. The lowest BCUT2D eigenvalue weighted by Crippen LogP contribution is -2.51. The SMILES string of the molecule is CN1CC2(CCNCC2)CC1C(=O)NC(C)(C)Cc1ccc(F)cc1. The number of carbonyl (C=O) groups excluding carboxylic acids is 1. The van der Waals surface area contributed by atoms with Crippen molar-refractivity contribution in [1.29, 1.82) is 0 Å². The molecule has 1 atom stereocenters. The van der Waals surface area contributed by atoms with E-state index >= 15 is 0 Å². The summed E-state index contributed by atoms with van der Waals surface area (Å²) in [6, 6.07) is 6.47. The van der Waals surface area contributed by atoms with E-state index in [0.29, 0.717) is 11.8 Å². The first-order valence-electron chi connectivity index (χ1n) is 9.26. The summed E-state index contributed by atoms with van der Waals surface area (Å²) in [6.07, 6.45) is 3.94. The monoisotopic (exact) mass is 347 g/mol. The third-order valence-electron chi connectivity index (χ3n) is 5.73. The molecule has 4 nitrogen and oxygen atoms in total. The van der Waals surface area contributed by atoms with Crippen LogP contribution >= 0.6 is 0 Å². The van der Waals surface area contributed by atoms with Crippen LogP contribution in [0.15, 0.2) is 24.3 Å². The van der Waals surface area contributed by atoms with Crippen LogP contribution in [0.3, 0.4) is 0 Å². The molecule has 2 heterocycles. The van der Waals surface area contributed by atoms with Gasteiger partial charge in [0.1, 0.15) is 5.82 Å². The highest BCUT2D eigenvalue weighted by molar-refractivity contribution is 5.83. The molecule has 1 unspecified atom stereocenters. The highest BCUT2D eigenvalue weighted by atomic mass is 19.1. The van der Waals surface area contributed by atoms with E-state index in [1.165, 1.54) is 12.1 Å². The molecular weight excluding hydrogens is 317 g/mol. The number of carbonyl (C=O) groups is 1. The molecule has 0 saturated carbocycles. The van der Waals surface area contributed by atoms with Crippen molar-refractivity contribution in [1.82, 2.24) is 15.5 Å². The maximum Gasteiger partial charge on any atom is 0.237 e. The predicted octanol–water partition coefficient (Wildman–Crippen LogP) is 2.34. The number of hydrogen-bond donors (Lipinski definition) is 2. The number of nitrogens with zero attached hydrogens (tertiary/aromatic N) is 1. The van der Waals surface area contributed by atoms with Gasteiger partial charge in [0.15, 0.2) is 0 Å². The lowest BCUT2D eigenvalue weighted by Gasteiger charge is -2.33. The van der Waals surface area contributed by atoms with Gasteiger partial charge in [-0.05, 0) is 82.8 Å². The summed E-state index contributed by atoms with van der Waals surface area (Å²) >= 11 is 0. The molecule has 2 aliphatic rings. The molecule has 138 valence electrons. The van der Waals surface area contributed by atoms with Gasteiger partial charge in [0.25, 0.3) is 0 Å². The van der Waals surface area contributed by atoms with E-state index in [1.807, 2.05) is 13.8 Å². The van der Waals surface area contributed by atoms with Crippen molar-refractivity contribution in [2.45, 2.75) is 51.1 Å². The molecule has 1 spiro atoms. The van der Waals surface area contributed by atoms with Gasteiger partial charge in [-0.1, -0.05) is 12.1 Å². The van der Waals surface area contributed by atoms with Gasteiger partial charge in [-0.15, -0.1) is 0 Å². The van der Waals surface area contributed by atoms with Gasteiger partial charge in [-0.3, -0.25) is 9.69 Å². The normalized spacial score (nSPS) is 23.8. The summed E-state index contributed by atoms with van der Waals surface area (Å²) in [5, 5.41) is 6.64. The number of amides is 1. The minimum atomic E-state index is -0.361. The highest BCUT2D eigenvalue weighted by Gasteiger charge is 2.46. The summed E-state index contributed by atoms with van der Waals surface area (Å²) in [5.41, 5.74) is 0.962. The van der Waals surface area contributed by atoms with Gasteiger partial charge in [-0.2, -0.15) is 0 Å². The molecule has 2 aliphatic heterocycles. The second-order valence-corrected chi connectivity index (χ2v) is 8.56. The highest BCUT2D eigenvalue weighted by Crippen LogP contribution is 2.41. The first kappa shape index (κ1) is 18.3. The van der Waals surface area contributed by atoms with E-state index in [4.69, 9.17) is 0 Å². The number of piperidine rings is 1. The Hall–Kier alpha value is -1.46. The zero-order chi connectivity index (χ0) is 18.1. The number of hydrogen-bond acceptors (Lipinski definition) is 3. The molecule has 1 aromatic carbocycles. The van der Waals surface area contributed by atoms with E-state index in [2.05, 4.69) is 22.6 Å². The molecule has 25 heavy (non-hydrogen) atoms. The summed E-state index contributed by atoms with van der Waals surface area (Å²) in [6.45, 7) is 7.18. The van der Waals surface area contributed by atoms with Crippen LogP contribution in [0.4, 0.5) is 4.39 Å². The van der Waals surface area contributed by atoms with Crippen LogP contribution < -0.4 is 10.6 Å². The van der Waals surface area contributed by atoms with E-state index in [1.54, 1.807) is 12.1 Å². The van der Waals surface area contributed by atoms with E-state index < -0.39 is 0 Å². The van der Waals surface area contributed by atoms with Crippen molar-refractivity contribution in [3.05, 3.63) is 35.6 Å². The average Bonchev–Trinajstić information content (AvgIpc) is 2.86. The largest absolute Gasteiger partial charge is 0.350 e. The van der Waals surface area contributed by atoms with Gasteiger partial charge in [0.05, 0.1) is 6.04 Å². The Morgan fingerprint density at radius 1 is 1.32 bits per heavy atom. The zero-order valence-electron chi connectivity index (χ0n) is 15.6. The Kier molecular flexibility index (Phi) is 5.16. The standard InChI is InChI=1S/C20H30FN3O/c1-19(2,12-15-4-6-16(21)7-5-15)23-18(25)17-13-20(14-24(17)3)8-10-22-11-9-20/h4-7,17,22H,8-14H2,1-3H3,(H,23,25). The molecule has 2 fully saturated rings. The Labute approximate surface area is 150 Å². The quantitative estimate of drug-likeness (QED) is 0.879. The Morgan fingerprint density at radius 3 is 2.60 bits per heavy atom. The van der Waals surface area contributed by atoms with Gasteiger partial charge < -0.3 is 10.6 Å². The Bertz CT molecular complexity index is 608. The number of halogens is 1. The van der Waals surface area contributed by atoms with Crippen LogP contribution in [-0.4, -0.2) is 49.1 Å².